The van der Waals surface area contributed by atoms with Crippen molar-refractivity contribution >= 4 is 10.9 Å². The maximum Gasteiger partial charge on any atom is 0.253 e. The van der Waals surface area contributed by atoms with E-state index in [0.717, 1.165) is 16.5 Å². The van der Waals surface area contributed by atoms with Crippen LogP contribution < -0.4 is 5.56 Å². The molecule has 2 N–H and O–H groups in total. The lowest BCUT2D eigenvalue weighted by Gasteiger charge is -2.19. The van der Waals surface area contributed by atoms with Gasteiger partial charge in [0, 0.05) is 11.1 Å². The topological polar surface area (TPSA) is 83.8 Å². The molecule has 4 rings (SSSR count). The molecule has 0 bridgehead atoms. The predicted molar refractivity (Wildman–Crippen MR) is 113 cm³/mol. The Hall–Kier alpha value is -3.25. The Morgan fingerprint density at radius 2 is 1.83 bits per heavy atom. The molecule has 0 aliphatic carbocycles. The fourth-order valence-electron chi connectivity index (χ4n) is 3.34. The smallest absolute Gasteiger partial charge is 0.253 e. The van der Waals surface area contributed by atoms with Gasteiger partial charge < -0.3 is 10.1 Å². The summed E-state index contributed by atoms with van der Waals surface area (Å²) in [6, 6.07) is 17.4. The molecule has 29 heavy (non-hydrogen) atoms. The SMILES string of the molecule is CC(C)(C)c1ccc(C(O)c2cn(Cc3cc4ccccc4[nH]c3=O)nn2)cc1. The van der Waals surface area contributed by atoms with Crippen molar-refractivity contribution in [2.24, 2.45) is 0 Å². The van der Waals surface area contributed by atoms with E-state index in [1.165, 1.54) is 5.56 Å². The average molecular weight is 388 g/mol. The van der Waals surface area contributed by atoms with Crippen molar-refractivity contribution in [2.75, 3.05) is 0 Å². The number of nitrogens with zero attached hydrogens (tertiary/aromatic N) is 3. The number of para-hydroxylation sites is 1. The monoisotopic (exact) mass is 388 g/mol. The second-order valence-corrected chi connectivity index (χ2v) is 8.33. The van der Waals surface area contributed by atoms with Crippen molar-refractivity contribution in [2.45, 2.75) is 38.8 Å². The molecule has 0 aliphatic heterocycles. The molecule has 2 aromatic carbocycles. The molecular formula is C23H24N4O2. The van der Waals surface area contributed by atoms with Crippen LogP contribution in [0.15, 0.2) is 65.6 Å². The number of fused-ring (bicyclic) bond motifs is 1. The fraction of sp³-hybridized carbons (Fsp3) is 0.261. The van der Waals surface area contributed by atoms with E-state index in [-0.39, 0.29) is 17.5 Å². The molecule has 2 aromatic heterocycles. The number of aliphatic hydroxyl groups excluding tert-OH is 1. The first-order valence-electron chi connectivity index (χ1n) is 9.61. The largest absolute Gasteiger partial charge is 0.382 e. The van der Waals surface area contributed by atoms with E-state index < -0.39 is 6.10 Å². The number of hydrogen-bond donors (Lipinski definition) is 2. The standard InChI is InChI=1S/C23H24N4O2/c1-23(2,3)18-10-8-15(9-11-18)21(28)20-14-27(26-25-20)13-17-12-16-6-4-5-7-19(16)24-22(17)29/h4-12,14,21,28H,13H2,1-3H3,(H,24,29). The van der Waals surface area contributed by atoms with Gasteiger partial charge in [-0.1, -0.05) is 68.4 Å². The second kappa shape index (κ2) is 7.29. The Labute approximate surface area is 168 Å². The first-order chi connectivity index (χ1) is 13.8. The Bertz CT molecular complexity index is 1200. The summed E-state index contributed by atoms with van der Waals surface area (Å²) >= 11 is 0. The number of pyridine rings is 1. The number of H-pyrrole nitrogens is 1. The summed E-state index contributed by atoms with van der Waals surface area (Å²) in [5, 5.41) is 19.8. The molecule has 0 saturated carbocycles. The zero-order valence-electron chi connectivity index (χ0n) is 16.8. The van der Waals surface area contributed by atoms with Gasteiger partial charge in [-0.25, -0.2) is 4.68 Å². The number of aliphatic hydroxyl groups is 1. The van der Waals surface area contributed by atoms with Crippen molar-refractivity contribution in [3.8, 4) is 0 Å². The minimum absolute atomic E-state index is 0.0551. The van der Waals surface area contributed by atoms with Crippen LogP contribution in [0.1, 0.15) is 49.3 Å². The third-order valence-electron chi connectivity index (χ3n) is 5.09. The number of nitrogens with one attached hydrogen (secondary N) is 1. The summed E-state index contributed by atoms with van der Waals surface area (Å²) in [5.41, 5.74) is 3.70. The average Bonchev–Trinajstić information content (AvgIpc) is 3.16. The van der Waals surface area contributed by atoms with E-state index in [0.29, 0.717) is 11.3 Å². The minimum atomic E-state index is -0.868. The number of benzene rings is 2. The molecule has 0 amide bonds. The van der Waals surface area contributed by atoms with E-state index in [4.69, 9.17) is 0 Å². The lowest BCUT2D eigenvalue weighted by Crippen LogP contribution is -2.15. The maximum absolute atomic E-state index is 12.3. The summed E-state index contributed by atoms with van der Waals surface area (Å²) in [7, 11) is 0. The lowest BCUT2D eigenvalue weighted by atomic mass is 9.86. The zero-order valence-corrected chi connectivity index (χ0v) is 16.8. The van der Waals surface area contributed by atoms with Gasteiger partial charge in [-0.15, -0.1) is 5.10 Å². The second-order valence-electron chi connectivity index (χ2n) is 8.33. The molecule has 148 valence electrons. The molecule has 0 aliphatic rings. The van der Waals surface area contributed by atoms with Crippen molar-refractivity contribution in [3.63, 3.8) is 0 Å². The molecule has 6 nitrogen and oxygen atoms in total. The molecule has 0 spiro atoms. The Morgan fingerprint density at radius 3 is 2.55 bits per heavy atom. The predicted octanol–water partition coefficient (Wildman–Crippen LogP) is 3.55. The van der Waals surface area contributed by atoms with Gasteiger partial charge in [-0.05, 0) is 34.1 Å². The maximum atomic E-state index is 12.3. The van der Waals surface area contributed by atoms with Crippen molar-refractivity contribution < 1.29 is 5.11 Å². The lowest BCUT2D eigenvalue weighted by molar-refractivity contribution is 0.215. The zero-order chi connectivity index (χ0) is 20.6. The van der Waals surface area contributed by atoms with E-state index in [1.807, 2.05) is 54.6 Å². The summed E-state index contributed by atoms with van der Waals surface area (Å²) in [6.45, 7) is 6.73. The molecule has 1 unspecified atom stereocenters. The van der Waals surface area contributed by atoms with Gasteiger partial charge in [0.1, 0.15) is 11.8 Å². The van der Waals surface area contributed by atoms with Gasteiger partial charge in [0.05, 0.1) is 12.7 Å². The van der Waals surface area contributed by atoms with Crippen molar-refractivity contribution in [3.05, 3.63) is 93.5 Å². The van der Waals surface area contributed by atoms with Crippen LogP contribution in [0.5, 0.6) is 0 Å². The first-order valence-corrected chi connectivity index (χ1v) is 9.61. The third kappa shape index (κ3) is 3.98. The summed E-state index contributed by atoms with van der Waals surface area (Å²) in [4.78, 5) is 15.2. The number of hydrogen-bond acceptors (Lipinski definition) is 4. The molecule has 1 atom stereocenters. The van der Waals surface area contributed by atoms with Crippen LogP contribution in [0.25, 0.3) is 10.9 Å². The normalized spacial score (nSPS) is 13.0. The van der Waals surface area contributed by atoms with Crippen LogP contribution in [0.2, 0.25) is 0 Å². The Kier molecular flexibility index (Phi) is 4.80. The highest BCUT2D eigenvalue weighted by Gasteiger charge is 2.18. The highest BCUT2D eigenvalue weighted by Crippen LogP contribution is 2.26. The van der Waals surface area contributed by atoms with Crippen LogP contribution in [0, 0.1) is 0 Å². The van der Waals surface area contributed by atoms with Gasteiger partial charge in [-0.3, -0.25) is 4.79 Å². The Balaban J connectivity index is 1.55. The van der Waals surface area contributed by atoms with E-state index in [9.17, 15) is 9.90 Å². The van der Waals surface area contributed by atoms with Crippen LogP contribution >= 0.6 is 0 Å². The Morgan fingerprint density at radius 1 is 1.10 bits per heavy atom. The number of aromatic amines is 1. The highest BCUT2D eigenvalue weighted by atomic mass is 16.3. The molecule has 4 aromatic rings. The number of rotatable bonds is 4. The van der Waals surface area contributed by atoms with Gasteiger partial charge in [-0.2, -0.15) is 0 Å². The molecule has 0 radical (unpaired) electrons. The van der Waals surface area contributed by atoms with Crippen LogP contribution in [0.3, 0.4) is 0 Å². The van der Waals surface area contributed by atoms with Crippen LogP contribution in [-0.4, -0.2) is 25.1 Å². The van der Waals surface area contributed by atoms with Gasteiger partial charge in [0.25, 0.3) is 5.56 Å². The van der Waals surface area contributed by atoms with Crippen LogP contribution in [-0.2, 0) is 12.0 Å². The van der Waals surface area contributed by atoms with Crippen molar-refractivity contribution in [1.29, 1.82) is 0 Å². The van der Waals surface area contributed by atoms with Gasteiger partial charge in [0.15, 0.2) is 0 Å². The summed E-state index contributed by atoms with van der Waals surface area (Å²) in [6.07, 6.45) is 0.810. The van der Waals surface area contributed by atoms with E-state index in [1.54, 1.807) is 10.9 Å². The van der Waals surface area contributed by atoms with Crippen LogP contribution in [0.4, 0.5) is 0 Å². The molecular weight excluding hydrogens is 364 g/mol. The van der Waals surface area contributed by atoms with Gasteiger partial charge in [0.2, 0.25) is 0 Å². The quantitative estimate of drug-likeness (QED) is 0.560. The third-order valence-corrected chi connectivity index (χ3v) is 5.09. The first kappa shape index (κ1) is 19.1. The van der Waals surface area contributed by atoms with E-state index in [2.05, 4.69) is 36.1 Å². The minimum Gasteiger partial charge on any atom is -0.382 e. The molecule has 0 fully saturated rings. The molecule has 2 heterocycles. The fourth-order valence-corrected chi connectivity index (χ4v) is 3.34. The van der Waals surface area contributed by atoms with Crippen molar-refractivity contribution in [1.82, 2.24) is 20.0 Å². The highest BCUT2D eigenvalue weighted by molar-refractivity contribution is 5.78. The summed E-state index contributed by atoms with van der Waals surface area (Å²) < 4.78 is 1.57. The number of aromatic nitrogens is 4. The molecule has 6 heteroatoms. The van der Waals surface area contributed by atoms with Gasteiger partial charge >= 0.3 is 0 Å². The molecule has 0 saturated heterocycles. The van der Waals surface area contributed by atoms with E-state index >= 15 is 0 Å². The summed E-state index contributed by atoms with van der Waals surface area (Å²) in [5.74, 6) is 0.